The summed E-state index contributed by atoms with van der Waals surface area (Å²) in [6, 6.07) is 17.4. The number of nitrogens with zero attached hydrogens (tertiary/aromatic N) is 5. The average Bonchev–Trinajstić information content (AvgIpc) is 3.33. The molecule has 148 valence electrons. The van der Waals surface area contributed by atoms with E-state index in [1.54, 1.807) is 16.6 Å². The fourth-order valence-corrected chi connectivity index (χ4v) is 3.53. The number of hydrogen-bond acceptors (Lipinski definition) is 5. The summed E-state index contributed by atoms with van der Waals surface area (Å²) < 4.78 is 1.57. The number of aromatic nitrogens is 4. The smallest absolute Gasteiger partial charge is 0.229 e. The number of anilines is 1. The maximum atomic E-state index is 12.7. The van der Waals surface area contributed by atoms with Gasteiger partial charge in [0.05, 0.1) is 5.92 Å². The maximum absolute atomic E-state index is 12.7. The molecule has 1 N–H and O–H groups in total. The summed E-state index contributed by atoms with van der Waals surface area (Å²) in [4.78, 5) is 26.8. The van der Waals surface area contributed by atoms with E-state index in [0.717, 1.165) is 12.0 Å². The number of tetrazole rings is 1. The van der Waals surface area contributed by atoms with Gasteiger partial charge in [0.25, 0.3) is 0 Å². The maximum Gasteiger partial charge on any atom is 0.229 e. The summed E-state index contributed by atoms with van der Waals surface area (Å²) >= 11 is 0. The molecule has 1 aliphatic rings. The van der Waals surface area contributed by atoms with E-state index in [9.17, 15) is 9.59 Å². The minimum absolute atomic E-state index is 0.0278. The Balaban J connectivity index is 1.37. The van der Waals surface area contributed by atoms with Crippen molar-refractivity contribution in [2.75, 3.05) is 18.4 Å². The molecule has 1 aromatic heterocycles. The molecule has 2 heterocycles. The van der Waals surface area contributed by atoms with Crippen molar-refractivity contribution in [3.05, 3.63) is 60.2 Å². The van der Waals surface area contributed by atoms with Crippen LogP contribution in [0.15, 0.2) is 54.6 Å². The molecular weight excluding hydrogens is 368 g/mol. The minimum atomic E-state index is -0.349. The number of benzene rings is 2. The zero-order valence-corrected chi connectivity index (χ0v) is 16.2. The molecule has 1 saturated heterocycles. The molecule has 0 radical (unpaired) electrons. The van der Waals surface area contributed by atoms with Crippen molar-refractivity contribution in [3.63, 3.8) is 0 Å². The van der Waals surface area contributed by atoms with Crippen LogP contribution in [-0.2, 0) is 23.1 Å². The zero-order valence-electron chi connectivity index (χ0n) is 16.2. The quantitative estimate of drug-likeness (QED) is 0.694. The molecule has 8 nitrogen and oxygen atoms in total. The number of hydrogen-bond donors (Lipinski definition) is 1. The van der Waals surface area contributed by atoms with E-state index >= 15 is 0 Å². The standard InChI is InChI=1S/C21H22N6O2/c1-26-20(23-24-25-26)16-8-5-9-18(12-16)22-21(29)17-13-19(28)27(14-17)11-10-15-6-3-2-4-7-15/h2-9,12,17H,10-11,13-14H2,1H3,(H,22,29)/t17-/m1/s1. The molecule has 8 heteroatoms. The summed E-state index contributed by atoms with van der Waals surface area (Å²) in [5, 5.41) is 14.4. The first-order chi connectivity index (χ1) is 14.1. The van der Waals surface area contributed by atoms with Gasteiger partial charge in [-0.05, 0) is 34.5 Å². The highest BCUT2D eigenvalue weighted by molar-refractivity contribution is 5.97. The Labute approximate surface area is 168 Å². The second kappa shape index (κ2) is 8.22. The van der Waals surface area contributed by atoms with Gasteiger partial charge in [-0.1, -0.05) is 42.5 Å². The molecule has 0 aliphatic carbocycles. The number of carbonyl (C=O) groups excluding carboxylic acids is 2. The van der Waals surface area contributed by atoms with Crippen LogP contribution in [0, 0.1) is 5.92 Å². The topological polar surface area (TPSA) is 93.0 Å². The van der Waals surface area contributed by atoms with Crippen molar-refractivity contribution in [2.45, 2.75) is 12.8 Å². The van der Waals surface area contributed by atoms with Crippen molar-refractivity contribution < 1.29 is 9.59 Å². The van der Waals surface area contributed by atoms with E-state index in [-0.39, 0.29) is 24.2 Å². The molecule has 0 spiro atoms. The van der Waals surface area contributed by atoms with E-state index in [1.165, 1.54) is 5.56 Å². The van der Waals surface area contributed by atoms with Crippen LogP contribution < -0.4 is 5.32 Å². The third kappa shape index (κ3) is 4.31. The minimum Gasteiger partial charge on any atom is -0.342 e. The molecule has 3 aromatic rings. The molecule has 4 rings (SSSR count). The van der Waals surface area contributed by atoms with Crippen LogP contribution in [0.4, 0.5) is 5.69 Å². The lowest BCUT2D eigenvalue weighted by molar-refractivity contribution is -0.128. The average molecular weight is 390 g/mol. The molecule has 0 bridgehead atoms. The SMILES string of the molecule is Cn1nnnc1-c1cccc(NC(=O)[C@@H]2CC(=O)N(CCc3ccccc3)C2)c1. The van der Waals surface area contributed by atoms with Crippen LogP contribution in [0.25, 0.3) is 11.4 Å². The number of aryl methyl sites for hydroxylation is 1. The van der Waals surface area contributed by atoms with Gasteiger partial charge < -0.3 is 10.2 Å². The molecule has 2 amide bonds. The lowest BCUT2D eigenvalue weighted by Crippen LogP contribution is -2.30. The number of carbonyl (C=O) groups is 2. The van der Waals surface area contributed by atoms with E-state index in [0.29, 0.717) is 24.6 Å². The molecule has 1 fully saturated rings. The van der Waals surface area contributed by atoms with Crippen LogP contribution in [-0.4, -0.2) is 50.0 Å². The Bertz CT molecular complexity index is 1020. The molecule has 2 aromatic carbocycles. The number of nitrogens with one attached hydrogen (secondary N) is 1. The molecule has 0 saturated carbocycles. The van der Waals surface area contributed by atoms with Crippen molar-refractivity contribution >= 4 is 17.5 Å². The van der Waals surface area contributed by atoms with Crippen molar-refractivity contribution in [2.24, 2.45) is 13.0 Å². The second-order valence-corrected chi connectivity index (χ2v) is 7.17. The van der Waals surface area contributed by atoms with Crippen LogP contribution in [0.2, 0.25) is 0 Å². The Kier molecular flexibility index (Phi) is 5.33. The van der Waals surface area contributed by atoms with Crippen molar-refractivity contribution in [1.82, 2.24) is 25.1 Å². The van der Waals surface area contributed by atoms with E-state index in [2.05, 4.69) is 20.8 Å². The Morgan fingerprint density at radius 3 is 2.76 bits per heavy atom. The highest BCUT2D eigenvalue weighted by Gasteiger charge is 2.34. The Hall–Kier alpha value is -3.55. The predicted molar refractivity (Wildman–Crippen MR) is 108 cm³/mol. The Morgan fingerprint density at radius 1 is 1.17 bits per heavy atom. The summed E-state index contributed by atoms with van der Waals surface area (Å²) in [7, 11) is 1.76. The van der Waals surface area contributed by atoms with Gasteiger partial charge in [0.2, 0.25) is 11.8 Å². The number of amides is 2. The summed E-state index contributed by atoms with van der Waals surface area (Å²) in [6.07, 6.45) is 1.03. The lowest BCUT2D eigenvalue weighted by Gasteiger charge is -2.16. The highest BCUT2D eigenvalue weighted by atomic mass is 16.2. The van der Waals surface area contributed by atoms with Gasteiger partial charge in [-0.15, -0.1) is 5.10 Å². The lowest BCUT2D eigenvalue weighted by atomic mass is 10.1. The van der Waals surface area contributed by atoms with E-state index in [1.807, 2.05) is 54.6 Å². The highest BCUT2D eigenvalue weighted by Crippen LogP contribution is 2.23. The molecular formula is C21H22N6O2. The van der Waals surface area contributed by atoms with Gasteiger partial charge in [0, 0.05) is 37.8 Å². The normalized spacial score (nSPS) is 16.2. The summed E-state index contributed by atoms with van der Waals surface area (Å²) in [5.74, 6) is 0.149. The van der Waals surface area contributed by atoms with Crippen molar-refractivity contribution in [1.29, 1.82) is 0 Å². The Morgan fingerprint density at radius 2 is 2.00 bits per heavy atom. The monoisotopic (exact) mass is 390 g/mol. The number of rotatable bonds is 6. The first-order valence-corrected chi connectivity index (χ1v) is 9.55. The third-order valence-corrected chi connectivity index (χ3v) is 5.11. The first kappa shape index (κ1) is 18.8. The van der Waals surface area contributed by atoms with Gasteiger partial charge in [0.1, 0.15) is 0 Å². The second-order valence-electron chi connectivity index (χ2n) is 7.17. The predicted octanol–water partition coefficient (Wildman–Crippen LogP) is 1.91. The van der Waals surface area contributed by atoms with Gasteiger partial charge in [-0.25, -0.2) is 4.68 Å². The van der Waals surface area contributed by atoms with Gasteiger partial charge in [-0.3, -0.25) is 9.59 Å². The van der Waals surface area contributed by atoms with E-state index in [4.69, 9.17) is 0 Å². The zero-order chi connectivity index (χ0) is 20.2. The van der Waals surface area contributed by atoms with Crippen molar-refractivity contribution in [3.8, 4) is 11.4 Å². The molecule has 0 unspecified atom stereocenters. The van der Waals surface area contributed by atoms with Crippen LogP contribution >= 0.6 is 0 Å². The fraction of sp³-hybridized carbons (Fsp3) is 0.286. The van der Waals surface area contributed by atoms with Gasteiger partial charge in [0.15, 0.2) is 5.82 Å². The number of likely N-dealkylation sites (tertiary alicyclic amines) is 1. The van der Waals surface area contributed by atoms with Gasteiger partial charge in [-0.2, -0.15) is 0 Å². The largest absolute Gasteiger partial charge is 0.342 e. The summed E-state index contributed by atoms with van der Waals surface area (Å²) in [6.45, 7) is 1.08. The van der Waals surface area contributed by atoms with E-state index < -0.39 is 0 Å². The van der Waals surface area contributed by atoms with Crippen LogP contribution in [0.1, 0.15) is 12.0 Å². The molecule has 29 heavy (non-hydrogen) atoms. The third-order valence-electron chi connectivity index (χ3n) is 5.11. The fourth-order valence-electron chi connectivity index (χ4n) is 3.53. The summed E-state index contributed by atoms with van der Waals surface area (Å²) in [5.41, 5.74) is 2.65. The molecule has 1 atom stereocenters. The van der Waals surface area contributed by atoms with Crippen LogP contribution in [0.5, 0.6) is 0 Å². The van der Waals surface area contributed by atoms with Crippen LogP contribution in [0.3, 0.4) is 0 Å². The first-order valence-electron chi connectivity index (χ1n) is 9.55. The molecule has 1 aliphatic heterocycles. The van der Waals surface area contributed by atoms with Gasteiger partial charge >= 0.3 is 0 Å².